The van der Waals surface area contributed by atoms with Gasteiger partial charge in [0.05, 0.1) is 6.61 Å². The summed E-state index contributed by atoms with van der Waals surface area (Å²) in [5, 5.41) is 0. The normalized spacial score (nSPS) is 17.1. The number of allylic oxidation sites excluding steroid dienone is 3. The van der Waals surface area contributed by atoms with Crippen LogP contribution in [0.15, 0.2) is 23.3 Å². The molecule has 3 heteroatoms. The molecular weight excluding hydrogens is 216 g/mol. The van der Waals surface area contributed by atoms with Crippen LogP contribution in [0.3, 0.4) is 0 Å². The molecule has 0 aromatic rings. The maximum absolute atomic E-state index is 12.2. The van der Waals surface area contributed by atoms with E-state index in [0.717, 1.165) is 37.7 Å². The summed E-state index contributed by atoms with van der Waals surface area (Å²) >= 11 is 0. The van der Waals surface area contributed by atoms with Gasteiger partial charge in [0.2, 0.25) is 0 Å². The zero-order valence-corrected chi connectivity index (χ0v) is 10.6. The molecule has 0 aromatic heterocycles. The SMILES string of the molecule is C/C=C(/C(=O)OCC)C(=O)C1=CCCCCC1. The summed E-state index contributed by atoms with van der Waals surface area (Å²) in [6, 6.07) is 0. The highest BCUT2D eigenvalue weighted by Gasteiger charge is 2.22. The molecule has 0 bridgehead atoms. The van der Waals surface area contributed by atoms with Gasteiger partial charge in [-0.05, 0) is 45.1 Å². The first kappa shape index (κ1) is 13.7. The van der Waals surface area contributed by atoms with Crippen LogP contribution >= 0.6 is 0 Å². The number of carbonyl (C=O) groups excluding carboxylic acids is 2. The van der Waals surface area contributed by atoms with Crippen LogP contribution in [0.25, 0.3) is 0 Å². The number of carbonyl (C=O) groups is 2. The van der Waals surface area contributed by atoms with E-state index in [0.29, 0.717) is 6.61 Å². The zero-order chi connectivity index (χ0) is 12.7. The van der Waals surface area contributed by atoms with Crippen molar-refractivity contribution < 1.29 is 14.3 Å². The Morgan fingerprint density at radius 1 is 1.35 bits per heavy atom. The van der Waals surface area contributed by atoms with Gasteiger partial charge < -0.3 is 4.74 Å². The smallest absolute Gasteiger partial charge is 0.341 e. The van der Waals surface area contributed by atoms with Crippen molar-refractivity contribution >= 4 is 11.8 Å². The van der Waals surface area contributed by atoms with E-state index < -0.39 is 5.97 Å². The van der Waals surface area contributed by atoms with Gasteiger partial charge in [0.25, 0.3) is 0 Å². The molecule has 0 aromatic carbocycles. The predicted molar refractivity (Wildman–Crippen MR) is 66.6 cm³/mol. The van der Waals surface area contributed by atoms with E-state index in [1.807, 2.05) is 6.08 Å². The first-order chi connectivity index (χ1) is 8.20. The molecule has 0 spiro atoms. The largest absolute Gasteiger partial charge is 0.462 e. The average molecular weight is 236 g/mol. The van der Waals surface area contributed by atoms with E-state index in [2.05, 4.69) is 0 Å². The lowest BCUT2D eigenvalue weighted by Crippen LogP contribution is -2.17. The highest BCUT2D eigenvalue weighted by Crippen LogP contribution is 2.20. The second-order valence-corrected chi connectivity index (χ2v) is 4.08. The van der Waals surface area contributed by atoms with E-state index >= 15 is 0 Å². The van der Waals surface area contributed by atoms with Crippen LogP contribution in [0.4, 0.5) is 0 Å². The molecule has 17 heavy (non-hydrogen) atoms. The zero-order valence-electron chi connectivity index (χ0n) is 10.6. The fourth-order valence-corrected chi connectivity index (χ4v) is 1.94. The topological polar surface area (TPSA) is 43.4 Å². The Morgan fingerprint density at radius 3 is 2.76 bits per heavy atom. The molecule has 94 valence electrons. The van der Waals surface area contributed by atoms with Crippen LogP contribution < -0.4 is 0 Å². The van der Waals surface area contributed by atoms with Crippen molar-refractivity contribution in [2.75, 3.05) is 6.61 Å². The maximum Gasteiger partial charge on any atom is 0.341 e. The van der Waals surface area contributed by atoms with Gasteiger partial charge >= 0.3 is 5.97 Å². The Bertz CT molecular complexity index is 350. The third-order valence-electron chi connectivity index (χ3n) is 2.86. The summed E-state index contributed by atoms with van der Waals surface area (Å²) < 4.78 is 4.88. The highest BCUT2D eigenvalue weighted by atomic mass is 16.5. The lowest BCUT2D eigenvalue weighted by atomic mass is 9.99. The number of hydrogen-bond donors (Lipinski definition) is 0. The van der Waals surface area contributed by atoms with Gasteiger partial charge in [0, 0.05) is 0 Å². The van der Waals surface area contributed by atoms with Gasteiger partial charge in [-0.25, -0.2) is 4.79 Å². The molecule has 0 saturated carbocycles. The van der Waals surface area contributed by atoms with Crippen LogP contribution in [-0.2, 0) is 14.3 Å². The van der Waals surface area contributed by atoms with Gasteiger partial charge in [0.15, 0.2) is 5.78 Å². The molecule has 0 amide bonds. The second kappa shape index (κ2) is 7.05. The Hall–Kier alpha value is -1.38. The molecule has 0 atom stereocenters. The summed E-state index contributed by atoms with van der Waals surface area (Å²) in [7, 11) is 0. The highest BCUT2D eigenvalue weighted by molar-refractivity contribution is 6.23. The summed E-state index contributed by atoms with van der Waals surface area (Å²) in [5.74, 6) is -0.669. The monoisotopic (exact) mass is 236 g/mol. The van der Waals surface area contributed by atoms with Crippen molar-refractivity contribution in [3.63, 3.8) is 0 Å². The van der Waals surface area contributed by atoms with Gasteiger partial charge in [-0.3, -0.25) is 4.79 Å². The van der Waals surface area contributed by atoms with Crippen LogP contribution in [0, 0.1) is 0 Å². The minimum atomic E-state index is -0.509. The summed E-state index contributed by atoms with van der Waals surface area (Å²) in [5.41, 5.74) is 0.934. The van der Waals surface area contributed by atoms with E-state index in [-0.39, 0.29) is 11.4 Å². The fourth-order valence-electron chi connectivity index (χ4n) is 1.94. The number of rotatable bonds is 4. The molecule has 0 radical (unpaired) electrons. The van der Waals surface area contributed by atoms with E-state index in [1.54, 1.807) is 19.9 Å². The molecule has 0 unspecified atom stereocenters. The summed E-state index contributed by atoms with van der Waals surface area (Å²) in [6.07, 6.45) is 8.52. The number of hydrogen-bond acceptors (Lipinski definition) is 3. The van der Waals surface area contributed by atoms with Crippen molar-refractivity contribution in [3.05, 3.63) is 23.3 Å². The molecule has 1 aliphatic carbocycles. The Kier molecular flexibility index (Phi) is 5.67. The minimum absolute atomic E-state index is 0.159. The molecule has 3 nitrogen and oxygen atoms in total. The molecule has 0 heterocycles. The molecule has 0 saturated heterocycles. The molecular formula is C14H20O3. The van der Waals surface area contributed by atoms with E-state index in [9.17, 15) is 9.59 Å². The Morgan fingerprint density at radius 2 is 2.12 bits per heavy atom. The van der Waals surface area contributed by atoms with Gasteiger partial charge in [-0.2, -0.15) is 0 Å². The quantitative estimate of drug-likeness (QED) is 0.326. The van der Waals surface area contributed by atoms with Crippen molar-refractivity contribution in [2.45, 2.75) is 46.0 Å². The number of ether oxygens (including phenoxy) is 1. The second-order valence-electron chi connectivity index (χ2n) is 4.08. The summed E-state index contributed by atoms with van der Waals surface area (Å²) in [4.78, 5) is 23.8. The maximum atomic E-state index is 12.2. The predicted octanol–water partition coefficient (Wildman–Crippen LogP) is 2.96. The van der Waals surface area contributed by atoms with Crippen molar-refractivity contribution in [2.24, 2.45) is 0 Å². The fraction of sp³-hybridized carbons (Fsp3) is 0.571. The average Bonchev–Trinajstić information content (AvgIpc) is 2.58. The van der Waals surface area contributed by atoms with Crippen LogP contribution in [0.2, 0.25) is 0 Å². The lowest BCUT2D eigenvalue weighted by Gasteiger charge is -2.07. The van der Waals surface area contributed by atoms with Crippen molar-refractivity contribution in [1.82, 2.24) is 0 Å². The van der Waals surface area contributed by atoms with Gasteiger partial charge in [0.1, 0.15) is 5.57 Å². The minimum Gasteiger partial charge on any atom is -0.462 e. The molecule has 1 rings (SSSR count). The molecule has 0 N–H and O–H groups in total. The number of Topliss-reactive ketones (excluding diaryl/α,β-unsaturated/α-hetero) is 1. The number of esters is 1. The van der Waals surface area contributed by atoms with Gasteiger partial charge in [-0.15, -0.1) is 0 Å². The third-order valence-corrected chi connectivity index (χ3v) is 2.86. The van der Waals surface area contributed by atoms with Gasteiger partial charge in [-0.1, -0.05) is 18.6 Å². The first-order valence-electron chi connectivity index (χ1n) is 6.27. The summed E-state index contributed by atoms with van der Waals surface area (Å²) in [6.45, 7) is 3.73. The van der Waals surface area contributed by atoms with Crippen molar-refractivity contribution in [3.8, 4) is 0 Å². The Labute approximate surface area is 103 Å². The molecule has 1 aliphatic rings. The molecule has 0 aliphatic heterocycles. The van der Waals surface area contributed by atoms with E-state index in [1.165, 1.54) is 0 Å². The van der Waals surface area contributed by atoms with E-state index in [4.69, 9.17) is 4.74 Å². The molecule has 0 fully saturated rings. The Balaban J connectivity index is 2.79. The number of ketones is 1. The third kappa shape index (κ3) is 3.84. The van der Waals surface area contributed by atoms with Crippen LogP contribution in [0.5, 0.6) is 0 Å². The van der Waals surface area contributed by atoms with Crippen LogP contribution in [0.1, 0.15) is 46.0 Å². The standard InChI is InChI=1S/C14H20O3/c1-3-12(14(16)17-4-2)13(15)11-9-7-5-6-8-10-11/h3,9H,4-8,10H2,1-2H3/b12-3+. The van der Waals surface area contributed by atoms with Crippen LogP contribution in [-0.4, -0.2) is 18.4 Å². The lowest BCUT2D eigenvalue weighted by molar-refractivity contribution is -0.139. The van der Waals surface area contributed by atoms with Crippen molar-refractivity contribution in [1.29, 1.82) is 0 Å². The first-order valence-corrected chi connectivity index (χ1v) is 6.27.